The first-order valence-corrected chi connectivity index (χ1v) is 10.3. The van der Waals surface area contributed by atoms with Gasteiger partial charge in [-0.1, -0.05) is 42.6 Å². The van der Waals surface area contributed by atoms with E-state index in [-0.39, 0.29) is 16.5 Å². The molecule has 3 rings (SSSR count). The fourth-order valence-corrected chi connectivity index (χ4v) is 4.41. The van der Waals surface area contributed by atoms with Gasteiger partial charge in [-0.25, -0.2) is 0 Å². The van der Waals surface area contributed by atoms with E-state index in [2.05, 4.69) is 15.5 Å². The minimum atomic E-state index is -4.61. The van der Waals surface area contributed by atoms with Gasteiger partial charge in [-0.3, -0.25) is 4.79 Å². The molecule has 0 bridgehead atoms. The summed E-state index contributed by atoms with van der Waals surface area (Å²) in [4.78, 5) is 12.3. The summed E-state index contributed by atoms with van der Waals surface area (Å²) in [5, 5.41) is 11.1. The minimum Gasteiger partial charge on any atom is -0.325 e. The molecule has 5 nitrogen and oxygen atoms in total. The molecule has 0 atom stereocenters. The molecule has 0 saturated heterocycles. The Bertz CT molecular complexity index is 850. The van der Waals surface area contributed by atoms with Gasteiger partial charge in [0.15, 0.2) is 5.16 Å². The third-order valence-corrected chi connectivity index (χ3v) is 5.85. The van der Waals surface area contributed by atoms with E-state index < -0.39 is 17.6 Å². The maximum Gasteiger partial charge on any atom is 0.418 e. The molecule has 28 heavy (non-hydrogen) atoms. The molecule has 1 amide bonds. The van der Waals surface area contributed by atoms with Crippen molar-refractivity contribution >= 4 is 35.0 Å². The summed E-state index contributed by atoms with van der Waals surface area (Å²) in [5.41, 5.74) is -1.29. The predicted molar refractivity (Wildman–Crippen MR) is 103 cm³/mol. The molecule has 2 aromatic rings. The van der Waals surface area contributed by atoms with E-state index in [0.29, 0.717) is 11.2 Å². The van der Waals surface area contributed by atoms with Gasteiger partial charge in [0, 0.05) is 11.1 Å². The summed E-state index contributed by atoms with van der Waals surface area (Å²) < 4.78 is 41.5. The van der Waals surface area contributed by atoms with Crippen molar-refractivity contribution in [1.82, 2.24) is 14.8 Å². The van der Waals surface area contributed by atoms with Gasteiger partial charge in [0.05, 0.1) is 17.0 Å². The molecule has 0 aliphatic heterocycles. The summed E-state index contributed by atoms with van der Waals surface area (Å²) in [7, 11) is 0. The number of thioether (sulfide) groups is 1. The quantitative estimate of drug-likeness (QED) is 0.634. The van der Waals surface area contributed by atoms with Crippen LogP contribution < -0.4 is 5.32 Å². The number of benzene rings is 1. The lowest BCUT2D eigenvalue weighted by Gasteiger charge is -2.24. The molecule has 1 aromatic carbocycles. The molecular formula is C18H20ClF3N4OS. The Hall–Kier alpha value is -1.74. The fourth-order valence-electron chi connectivity index (χ4n) is 3.38. The van der Waals surface area contributed by atoms with Crippen LogP contribution in [0.5, 0.6) is 0 Å². The number of hydrogen-bond acceptors (Lipinski definition) is 4. The van der Waals surface area contributed by atoms with Crippen LogP contribution >= 0.6 is 23.4 Å². The second-order valence-corrected chi connectivity index (χ2v) is 8.10. The lowest BCUT2D eigenvalue weighted by molar-refractivity contribution is -0.137. The summed E-state index contributed by atoms with van der Waals surface area (Å²) >= 11 is 6.83. The Morgan fingerprint density at radius 3 is 2.68 bits per heavy atom. The zero-order chi connectivity index (χ0) is 20.3. The Kier molecular flexibility index (Phi) is 6.54. The number of carbonyl (C=O) groups excluding carboxylic acids is 1. The normalized spacial score (nSPS) is 15.6. The highest BCUT2D eigenvalue weighted by atomic mass is 35.5. The highest BCUT2D eigenvalue weighted by Gasteiger charge is 2.34. The predicted octanol–water partition coefficient (Wildman–Crippen LogP) is 5.49. The first kappa shape index (κ1) is 21.0. The van der Waals surface area contributed by atoms with Crippen molar-refractivity contribution in [1.29, 1.82) is 0 Å². The summed E-state index contributed by atoms with van der Waals surface area (Å²) in [6.07, 6.45) is 0.966. The lowest BCUT2D eigenvalue weighted by atomic mass is 9.95. The van der Waals surface area contributed by atoms with Crippen LogP contribution in [0.1, 0.15) is 49.5 Å². The van der Waals surface area contributed by atoms with Crippen molar-refractivity contribution in [2.45, 2.75) is 56.4 Å². The van der Waals surface area contributed by atoms with Crippen LogP contribution in [-0.2, 0) is 11.0 Å². The smallest absolute Gasteiger partial charge is 0.325 e. The highest BCUT2D eigenvalue weighted by Crippen LogP contribution is 2.37. The maximum atomic E-state index is 13.2. The minimum absolute atomic E-state index is 0.0456. The van der Waals surface area contributed by atoms with Crippen LogP contribution in [0.4, 0.5) is 18.9 Å². The topological polar surface area (TPSA) is 59.8 Å². The first-order chi connectivity index (χ1) is 13.3. The zero-order valence-electron chi connectivity index (χ0n) is 15.2. The van der Waals surface area contributed by atoms with Crippen molar-refractivity contribution in [3.63, 3.8) is 0 Å². The van der Waals surface area contributed by atoms with Gasteiger partial charge in [0.1, 0.15) is 5.82 Å². The fraction of sp³-hybridized carbons (Fsp3) is 0.500. The van der Waals surface area contributed by atoms with Crippen molar-refractivity contribution in [2.24, 2.45) is 0 Å². The summed E-state index contributed by atoms with van der Waals surface area (Å²) in [5.74, 6) is 0.172. The molecule has 1 saturated carbocycles. The number of aryl methyl sites for hydroxylation is 1. The van der Waals surface area contributed by atoms with Gasteiger partial charge in [-0.2, -0.15) is 13.2 Å². The number of nitrogens with zero attached hydrogens (tertiary/aromatic N) is 3. The van der Waals surface area contributed by atoms with Crippen LogP contribution in [0.25, 0.3) is 0 Å². The molecule has 1 fully saturated rings. The number of aromatic nitrogens is 3. The molecular weight excluding hydrogens is 413 g/mol. The van der Waals surface area contributed by atoms with Gasteiger partial charge >= 0.3 is 6.18 Å². The molecule has 0 spiro atoms. The van der Waals surface area contributed by atoms with E-state index in [0.717, 1.165) is 43.6 Å². The third-order valence-electron chi connectivity index (χ3n) is 4.67. The third kappa shape index (κ3) is 5.00. The number of amides is 1. The Labute approximate surface area is 170 Å². The average molecular weight is 433 g/mol. The largest absolute Gasteiger partial charge is 0.418 e. The maximum absolute atomic E-state index is 13.2. The second-order valence-electron chi connectivity index (χ2n) is 6.72. The van der Waals surface area contributed by atoms with E-state index in [1.165, 1.54) is 24.2 Å². The van der Waals surface area contributed by atoms with Crippen molar-refractivity contribution in [3.8, 4) is 0 Å². The monoisotopic (exact) mass is 432 g/mol. The van der Waals surface area contributed by atoms with Crippen LogP contribution in [0.3, 0.4) is 0 Å². The van der Waals surface area contributed by atoms with Crippen LogP contribution in [-0.4, -0.2) is 26.4 Å². The molecule has 152 valence electrons. The van der Waals surface area contributed by atoms with E-state index in [4.69, 9.17) is 11.6 Å². The standard InChI is InChI=1S/C18H20ClF3N4OS/c1-11-24-25-17(26(11)13-5-3-2-4-6-13)28-10-16(27)23-15-8-7-12(19)9-14(15)18(20,21)22/h7-9,13H,2-6,10H2,1H3,(H,23,27). The highest BCUT2D eigenvalue weighted by molar-refractivity contribution is 7.99. The molecule has 1 aromatic heterocycles. The Balaban J connectivity index is 1.68. The van der Waals surface area contributed by atoms with Crippen LogP contribution in [0.2, 0.25) is 5.02 Å². The van der Waals surface area contributed by atoms with Crippen molar-refractivity contribution in [3.05, 3.63) is 34.6 Å². The lowest BCUT2D eigenvalue weighted by Crippen LogP contribution is -2.19. The molecule has 1 heterocycles. The van der Waals surface area contributed by atoms with E-state index >= 15 is 0 Å². The van der Waals surface area contributed by atoms with Gasteiger partial charge in [-0.15, -0.1) is 10.2 Å². The Morgan fingerprint density at radius 2 is 2.00 bits per heavy atom. The average Bonchev–Trinajstić information content (AvgIpc) is 3.02. The molecule has 1 aliphatic rings. The summed E-state index contributed by atoms with van der Waals surface area (Å²) in [6.45, 7) is 1.87. The Morgan fingerprint density at radius 1 is 1.29 bits per heavy atom. The first-order valence-electron chi connectivity index (χ1n) is 8.96. The molecule has 10 heteroatoms. The van der Waals surface area contributed by atoms with Crippen LogP contribution in [0.15, 0.2) is 23.4 Å². The SMILES string of the molecule is Cc1nnc(SCC(=O)Nc2ccc(Cl)cc2C(F)(F)F)n1C1CCCCC1. The molecule has 0 unspecified atom stereocenters. The van der Waals surface area contributed by atoms with Gasteiger partial charge in [-0.05, 0) is 38.0 Å². The number of hydrogen-bond donors (Lipinski definition) is 1. The molecule has 0 radical (unpaired) electrons. The number of anilines is 1. The molecule has 1 aliphatic carbocycles. The zero-order valence-corrected chi connectivity index (χ0v) is 16.8. The van der Waals surface area contributed by atoms with E-state index in [1.807, 2.05) is 11.5 Å². The van der Waals surface area contributed by atoms with Crippen molar-refractivity contribution < 1.29 is 18.0 Å². The number of carbonyl (C=O) groups is 1. The number of nitrogens with one attached hydrogen (secondary N) is 1. The van der Waals surface area contributed by atoms with Gasteiger partial charge in [0.25, 0.3) is 0 Å². The van der Waals surface area contributed by atoms with E-state index in [9.17, 15) is 18.0 Å². The van der Waals surface area contributed by atoms with Gasteiger partial charge in [0.2, 0.25) is 5.91 Å². The second kappa shape index (κ2) is 8.73. The summed E-state index contributed by atoms with van der Waals surface area (Å²) in [6, 6.07) is 3.57. The van der Waals surface area contributed by atoms with E-state index in [1.54, 1.807) is 0 Å². The van der Waals surface area contributed by atoms with Crippen LogP contribution in [0, 0.1) is 6.92 Å². The van der Waals surface area contributed by atoms with Crippen molar-refractivity contribution in [2.75, 3.05) is 11.1 Å². The number of alkyl halides is 3. The number of halogens is 4. The number of rotatable bonds is 5. The van der Waals surface area contributed by atoms with Gasteiger partial charge < -0.3 is 9.88 Å². The molecule has 1 N–H and O–H groups in total.